The minimum atomic E-state index is -0.0838. The second-order valence-electron chi connectivity index (χ2n) is 4.21. The number of nitrogens with one attached hydrogen (secondary N) is 1. The molecule has 0 aliphatic carbocycles. The molecule has 0 unspecified atom stereocenters. The molecule has 0 aliphatic rings. The van der Waals surface area contributed by atoms with Crippen molar-refractivity contribution in [1.82, 2.24) is 14.4 Å². The Bertz CT molecular complexity index is 692. The van der Waals surface area contributed by atoms with Crippen LogP contribution in [0.25, 0.3) is 4.96 Å². The minimum absolute atomic E-state index is 0.0838. The Morgan fingerprint density at radius 2 is 2.26 bits per heavy atom. The van der Waals surface area contributed by atoms with E-state index < -0.39 is 0 Å². The van der Waals surface area contributed by atoms with E-state index in [1.807, 2.05) is 36.0 Å². The molecule has 0 aromatic carbocycles. The van der Waals surface area contributed by atoms with Gasteiger partial charge in [0.15, 0.2) is 10.1 Å². The molecule has 19 heavy (non-hydrogen) atoms. The third-order valence-electron chi connectivity index (χ3n) is 2.76. The molecule has 0 radical (unpaired) electrons. The van der Waals surface area contributed by atoms with E-state index in [4.69, 9.17) is 0 Å². The molecule has 1 amide bonds. The molecule has 7 heteroatoms. The fraction of sp³-hybridized carbons (Fsp3) is 0.250. The fourth-order valence-electron chi connectivity index (χ4n) is 1.72. The topological polar surface area (TPSA) is 59.3 Å². The van der Waals surface area contributed by atoms with Crippen molar-refractivity contribution < 1.29 is 4.79 Å². The number of carbonyl (C=O) groups is 1. The second-order valence-corrected chi connectivity index (χ2v) is 6.29. The maximum atomic E-state index is 11.9. The molecule has 3 heterocycles. The zero-order valence-corrected chi connectivity index (χ0v) is 12.1. The lowest BCUT2D eigenvalue weighted by molar-refractivity contribution is -0.115. The standard InChI is InChI=1S/C12H12N4OS2/c1-7-8(2)19-11(13-7)15-10(17)5-9-6-16-3-4-18-12(16)14-9/h3-4,6H,5H2,1-2H3,(H,13,15,17). The van der Waals surface area contributed by atoms with Crippen LogP contribution in [-0.2, 0) is 11.2 Å². The number of hydrogen-bond acceptors (Lipinski definition) is 5. The zero-order valence-electron chi connectivity index (χ0n) is 10.5. The number of fused-ring (bicyclic) bond motifs is 1. The summed E-state index contributed by atoms with van der Waals surface area (Å²) in [5.41, 5.74) is 1.73. The Hall–Kier alpha value is -1.73. The highest BCUT2D eigenvalue weighted by atomic mass is 32.1. The van der Waals surface area contributed by atoms with Gasteiger partial charge < -0.3 is 5.32 Å². The van der Waals surface area contributed by atoms with Crippen LogP contribution >= 0.6 is 22.7 Å². The first-order valence-electron chi connectivity index (χ1n) is 5.77. The number of aryl methyl sites for hydroxylation is 2. The lowest BCUT2D eigenvalue weighted by Gasteiger charge is -1.98. The summed E-state index contributed by atoms with van der Waals surface area (Å²) < 4.78 is 1.92. The molecule has 5 nitrogen and oxygen atoms in total. The number of carbonyl (C=O) groups excluding carboxylic acids is 1. The number of rotatable bonds is 3. The number of nitrogens with zero attached hydrogens (tertiary/aromatic N) is 3. The summed E-state index contributed by atoms with van der Waals surface area (Å²) in [6.07, 6.45) is 4.08. The lowest BCUT2D eigenvalue weighted by atomic mass is 10.3. The van der Waals surface area contributed by atoms with Crippen LogP contribution in [0.1, 0.15) is 16.3 Å². The summed E-state index contributed by atoms with van der Waals surface area (Å²) in [6.45, 7) is 3.93. The van der Waals surface area contributed by atoms with E-state index in [-0.39, 0.29) is 12.3 Å². The molecule has 3 aromatic heterocycles. The molecule has 3 rings (SSSR count). The molecule has 0 atom stereocenters. The Morgan fingerprint density at radius 1 is 1.42 bits per heavy atom. The highest BCUT2D eigenvalue weighted by molar-refractivity contribution is 7.15. The summed E-state index contributed by atoms with van der Waals surface area (Å²) in [5.74, 6) is -0.0838. The fourth-order valence-corrected chi connectivity index (χ4v) is 3.27. The van der Waals surface area contributed by atoms with Crippen LogP contribution in [0.4, 0.5) is 5.13 Å². The molecule has 0 fully saturated rings. The smallest absolute Gasteiger partial charge is 0.232 e. The van der Waals surface area contributed by atoms with Crippen LogP contribution in [-0.4, -0.2) is 20.3 Å². The van der Waals surface area contributed by atoms with Crippen LogP contribution in [0.2, 0.25) is 0 Å². The molecule has 0 spiro atoms. The second kappa shape index (κ2) is 4.75. The largest absolute Gasteiger partial charge is 0.302 e. The summed E-state index contributed by atoms with van der Waals surface area (Å²) in [7, 11) is 0. The Balaban J connectivity index is 1.69. The van der Waals surface area contributed by atoms with Gasteiger partial charge in [-0.3, -0.25) is 9.20 Å². The molecule has 0 bridgehead atoms. The van der Waals surface area contributed by atoms with Crippen molar-refractivity contribution in [1.29, 1.82) is 0 Å². The Kier molecular flexibility index (Phi) is 3.08. The van der Waals surface area contributed by atoms with E-state index in [1.165, 1.54) is 11.3 Å². The van der Waals surface area contributed by atoms with Crippen LogP contribution in [0.15, 0.2) is 17.8 Å². The minimum Gasteiger partial charge on any atom is -0.302 e. The summed E-state index contributed by atoms with van der Waals surface area (Å²) in [5, 5.41) is 5.43. The average Bonchev–Trinajstić information content (AvgIpc) is 2.95. The van der Waals surface area contributed by atoms with Gasteiger partial charge in [-0.15, -0.1) is 22.7 Å². The monoisotopic (exact) mass is 292 g/mol. The molecule has 98 valence electrons. The van der Waals surface area contributed by atoms with E-state index in [2.05, 4.69) is 15.3 Å². The lowest BCUT2D eigenvalue weighted by Crippen LogP contribution is -2.14. The molecule has 0 saturated carbocycles. The number of aromatic nitrogens is 3. The van der Waals surface area contributed by atoms with Crippen molar-refractivity contribution in [2.24, 2.45) is 0 Å². The van der Waals surface area contributed by atoms with Crippen molar-refractivity contribution in [2.75, 3.05) is 5.32 Å². The number of thiazole rings is 2. The van der Waals surface area contributed by atoms with Gasteiger partial charge in [-0.1, -0.05) is 0 Å². The van der Waals surface area contributed by atoms with Gasteiger partial charge in [-0.25, -0.2) is 9.97 Å². The van der Waals surface area contributed by atoms with E-state index in [9.17, 15) is 4.79 Å². The van der Waals surface area contributed by atoms with Crippen molar-refractivity contribution in [3.05, 3.63) is 34.0 Å². The van der Waals surface area contributed by atoms with Crippen LogP contribution in [0, 0.1) is 13.8 Å². The van der Waals surface area contributed by atoms with Gasteiger partial charge in [0.25, 0.3) is 0 Å². The van der Waals surface area contributed by atoms with Gasteiger partial charge in [-0.05, 0) is 13.8 Å². The maximum Gasteiger partial charge on any atom is 0.232 e. The Labute approximate surface area is 117 Å². The highest BCUT2D eigenvalue weighted by Gasteiger charge is 2.11. The van der Waals surface area contributed by atoms with Gasteiger partial charge in [-0.2, -0.15) is 0 Å². The van der Waals surface area contributed by atoms with Gasteiger partial charge in [0, 0.05) is 22.7 Å². The average molecular weight is 292 g/mol. The summed E-state index contributed by atoms with van der Waals surface area (Å²) in [6, 6.07) is 0. The van der Waals surface area contributed by atoms with Gasteiger partial charge in [0.05, 0.1) is 17.8 Å². The first kappa shape index (κ1) is 12.3. The van der Waals surface area contributed by atoms with Crippen molar-refractivity contribution in [3.63, 3.8) is 0 Å². The maximum absolute atomic E-state index is 11.9. The first-order chi connectivity index (χ1) is 9.11. The molecule has 0 aliphatic heterocycles. The van der Waals surface area contributed by atoms with Gasteiger partial charge >= 0.3 is 0 Å². The van der Waals surface area contributed by atoms with E-state index >= 15 is 0 Å². The molecular weight excluding hydrogens is 280 g/mol. The van der Waals surface area contributed by atoms with Crippen LogP contribution in [0.3, 0.4) is 0 Å². The van der Waals surface area contributed by atoms with Gasteiger partial charge in [0.1, 0.15) is 0 Å². The predicted octanol–water partition coefficient (Wildman–Crippen LogP) is 2.65. The summed E-state index contributed by atoms with van der Waals surface area (Å²) >= 11 is 3.05. The Morgan fingerprint density at radius 3 is 2.95 bits per heavy atom. The molecule has 3 aromatic rings. The summed E-state index contributed by atoms with van der Waals surface area (Å²) in [4.78, 5) is 22.6. The van der Waals surface area contributed by atoms with Crippen LogP contribution in [0.5, 0.6) is 0 Å². The zero-order chi connectivity index (χ0) is 13.4. The number of anilines is 1. The third kappa shape index (κ3) is 2.52. The number of hydrogen-bond donors (Lipinski definition) is 1. The molecular formula is C12H12N4OS2. The normalized spacial score (nSPS) is 11.1. The van der Waals surface area contributed by atoms with E-state index in [0.29, 0.717) is 5.13 Å². The molecule has 0 saturated heterocycles. The molecule has 1 N–H and O–H groups in total. The third-order valence-corrected chi connectivity index (χ3v) is 4.52. The van der Waals surface area contributed by atoms with Gasteiger partial charge in [0.2, 0.25) is 5.91 Å². The first-order valence-corrected chi connectivity index (χ1v) is 7.46. The van der Waals surface area contributed by atoms with E-state index in [0.717, 1.165) is 21.2 Å². The highest BCUT2D eigenvalue weighted by Crippen LogP contribution is 2.21. The van der Waals surface area contributed by atoms with Crippen molar-refractivity contribution >= 4 is 38.7 Å². The number of amides is 1. The van der Waals surface area contributed by atoms with E-state index in [1.54, 1.807) is 11.3 Å². The van der Waals surface area contributed by atoms with Crippen molar-refractivity contribution in [2.45, 2.75) is 20.3 Å². The van der Waals surface area contributed by atoms with Crippen LogP contribution < -0.4 is 5.32 Å². The number of imidazole rings is 1. The van der Waals surface area contributed by atoms with Crippen molar-refractivity contribution in [3.8, 4) is 0 Å². The quantitative estimate of drug-likeness (QED) is 0.807. The predicted molar refractivity (Wildman–Crippen MR) is 77.0 cm³/mol. The SMILES string of the molecule is Cc1nc(NC(=O)Cc2cn3ccsc3n2)sc1C.